The lowest BCUT2D eigenvalue weighted by Gasteiger charge is -2.38. The monoisotopic (exact) mass is 429 g/mol. The van der Waals surface area contributed by atoms with Crippen LogP contribution in [0.1, 0.15) is 34.0 Å². The summed E-state index contributed by atoms with van der Waals surface area (Å²) in [5, 5.41) is 2.11. The summed E-state index contributed by atoms with van der Waals surface area (Å²) < 4.78 is 5.13. The van der Waals surface area contributed by atoms with Crippen molar-refractivity contribution in [3.8, 4) is 0 Å². The molecule has 3 rings (SSSR count). The van der Waals surface area contributed by atoms with Gasteiger partial charge in [-0.05, 0) is 47.9 Å². The normalized spacial score (nSPS) is 15.6. The topological polar surface area (TPSA) is 53.1 Å². The first-order valence-electron chi connectivity index (χ1n) is 10.3. The van der Waals surface area contributed by atoms with Crippen molar-refractivity contribution in [3.63, 3.8) is 0 Å². The molecule has 30 heavy (non-hydrogen) atoms. The summed E-state index contributed by atoms with van der Waals surface area (Å²) in [7, 11) is 5.07. The number of aryl methyl sites for hydroxylation is 1. The lowest BCUT2D eigenvalue weighted by atomic mass is 9.90. The number of methoxy groups -OCH3 is 1. The van der Waals surface area contributed by atoms with Gasteiger partial charge in [0.25, 0.3) is 0 Å². The number of urea groups is 1. The molecule has 3 amide bonds. The van der Waals surface area contributed by atoms with E-state index in [4.69, 9.17) is 4.74 Å². The maximum absolute atomic E-state index is 13.5. The second kappa shape index (κ2) is 10.1. The SMILES string of the molecule is COCCCN(CC(=O)N1CCc2sccc2[C@@H]1c1ccccc1C)C(=O)N(C)C. The van der Waals surface area contributed by atoms with Crippen molar-refractivity contribution in [1.29, 1.82) is 0 Å². The summed E-state index contributed by atoms with van der Waals surface area (Å²) >= 11 is 1.76. The van der Waals surface area contributed by atoms with Crippen LogP contribution in [-0.2, 0) is 16.0 Å². The van der Waals surface area contributed by atoms with Crippen LogP contribution in [0.2, 0.25) is 0 Å². The van der Waals surface area contributed by atoms with E-state index in [1.54, 1.807) is 37.4 Å². The summed E-state index contributed by atoms with van der Waals surface area (Å²) in [6.07, 6.45) is 1.55. The molecule has 0 radical (unpaired) electrons. The van der Waals surface area contributed by atoms with E-state index in [9.17, 15) is 9.59 Å². The van der Waals surface area contributed by atoms with Crippen LogP contribution in [0.4, 0.5) is 4.79 Å². The lowest BCUT2D eigenvalue weighted by molar-refractivity contribution is -0.134. The van der Waals surface area contributed by atoms with E-state index < -0.39 is 0 Å². The Balaban J connectivity index is 1.87. The first kappa shape index (κ1) is 22.3. The third kappa shape index (κ3) is 4.84. The van der Waals surface area contributed by atoms with E-state index in [0.29, 0.717) is 26.1 Å². The van der Waals surface area contributed by atoms with Gasteiger partial charge in [0.1, 0.15) is 6.54 Å². The Hall–Kier alpha value is -2.38. The third-order valence-corrected chi connectivity index (χ3v) is 6.52. The van der Waals surface area contributed by atoms with Crippen LogP contribution in [0.5, 0.6) is 0 Å². The molecule has 0 spiro atoms. The van der Waals surface area contributed by atoms with Crippen molar-refractivity contribution in [2.24, 2.45) is 0 Å². The molecule has 0 saturated carbocycles. The van der Waals surface area contributed by atoms with Crippen LogP contribution >= 0.6 is 11.3 Å². The zero-order valence-electron chi connectivity index (χ0n) is 18.3. The van der Waals surface area contributed by atoms with Crippen LogP contribution in [-0.4, -0.2) is 74.1 Å². The van der Waals surface area contributed by atoms with Crippen molar-refractivity contribution in [3.05, 3.63) is 57.3 Å². The van der Waals surface area contributed by atoms with Crippen LogP contribution in [0, 0.1) is 6.92 Å². The van der Waals surface area contributed by atoms with Gasteiger partial charge in [-0.2, -0.15) is 0 Å². The molecule has 1 aliphatic rings. The molecular weight excluding hydrogens is 398 g/mol. The Morgan fingerprint density at radius 3 is 2.67 bits per heavy atom. The summed E-state index contributed by atoms with van der Waals surface area (Å²) in [6, 6.07) is 10.1. The summed E-state index contributed by atoms with van der Waals surface area (Å²) in [4.78, 5) is 32.6. The van der Waals surface area contributed by atoms with Crippen LogP contribution in [0.3, 0.4) is 0 Å². The van der Waals surface area contributed by atoms with E-state index in [0.717, 1.165) is 12.0 Å². The van der Waals surface area contributed by atoms with Crippen LogP contribution < -0.4 is 0 Å². The third-order valence-electron chi connectivity index (χ3n) is 5.53. The van der Waals surface area contributed by atoms with Gasteiger partial charge >= 0.3 is 6.03 Å². The zero-order valence-corrected chi connectivity index (χ0v) is 19.1. The van der Waals surface area contributed by atoms with Crippen molar-refractivity contribution in [1.82, 2.24) is 14.7 Å². The minimum absolute atomic E-state index is 0.0206. The molecule has 0 aliphatic carbocycles. The van der Waals surface area contributed by atoms with Gasteiger partial charge in [0.2, 0.25) is 5.91 Å². The van der Waals surface area contributed by atoms with Gasteiger partial charge in [0, 0.05) is 45.8 Å². The Kier molecular flexibility index (Phi) is 7.50. The quantitative estimate of drug-likeness (QED) is 0.633. The lowest BCUT2D eigenvalue weighted by Crippen LogP contribution is -2.49. The molecule has 1 aliphatic heterocycles. The summed E-state index contributed by atoms with van der Waals surface area (Å²) in [5.41, 5.74) is 3.52. The smallest absolute Gasteiger partial charge is 0.319 e. The highest BCUT2D eigenvalue weighted by Crippen LogP contribution is 2.38. The van der Waals surface area contributed by atoms with Gasteiger partial charge in [-0.3, -0.25) is 4.79 Å². The van der Waals surface area contributed by atoms with Crippen LogP contribution in [0.15, 0.2) is 35.7 Å². The molecule has 1 aromatic carbocycles. The van der Waals surface area contributed by atoms with Gasteiger partial charge in [-0.15, -0.1) is 11.3 Å². The summed E-state index contributed by atoms with van der Waals surface area (Å²) in [5.74, 6) is -0.0206. The molecule has 0 unspecified atom stereocenters. The van der Waals surface area contributed by atoms with Gasteiger partial charge in [0.05, 0.1) is 6.04 Å². The first-order valence-corrected chi connectivity index (χ1v) is 11.2. The van der Waals surface area contributed by atoms with E-state index in [1.807, 2.05) is 17.0 Å². The maximum Gasteiger partial charge on any atom is 0.319 e. The Bertz CT molecular complexity index is 880. The number of thiophene rings is 1. The molecule has 6 nitrogen and oxygen atoms in total. The molecule has 0 bridgehead atoms. The predicted molar refractivity (Wildman–Crippen MR) is 120 cm³/mol. The number of carbonyl (C=O) groups excluding carboxylic acids is 2. The number of carbonyl (C=O) groups is 2. The van der Waals surface area contributed by atoms with Crippen molar-refractivity contribution in [2.75, 3.05) is 47.4 Å². The molecule has 2 aromatic rings. The maximum atomic E-state index is 13.5. The highest BCUT2D eigenvalue weighted by molar-refractivity contribution is 7.10. The fourth-order valence-electron chi connectivity index (χ4n) is 3.99. The van der Waals surface area contributed by atoms with E-state index in [-0.39, 0.29) is 24.5 Å². The Morgan fingerprint density at radius 1 is 1.20 bits per heavy atom. The number of ether oxygens (including phenoxy) is 1. The van der Waals surface area contributed by atoms with Gasteiger partial charge < -0.3 is 19.4 Å². The fourth-order valence-corrected chi connectivity index (χ4v) is 4.90. The largest absolute Gasteiger partial charge is 0.385 e. The number of nitrogens with zero attached hydrogens (tertiary/aromatic N) is 3. The zero-order chi connectivity index (χ0) is 21.7. The van der Waals surface area contributed by atoms with E-state index >= 15 is 0 Å². The number of hydrogen-bond acceptors (Lipinski definition) is 4. The minimum Gasteiger partial charge on any atom is -0.385 e. The number of fused-ring (bicyclic) bond motifs is 1. The van der Waals surface area contributed by atoms with Gasteiger partial charge in [-0.1, -0.05) is 24.3 Å². The molecule has 1 atom stereocenters. The highest BCUT2D eigenvalue weighted by Gasteiger charge is 2.34. The number of hydrogen-bond donors (Lipinski definition) is 0. The number of amides is 3. The van der Waals surface area contributed by atoms with Gasteiger partial charge in [0.15, 0.2) is 0 Å². The fraction of sp³-hybridized carbons (Fsp3) is 0.478. The number of benzene rings is 1. The van der Waals surface area contributed by atoms with Crippen LogP contribution in [0.25, 0.3) is 0 Å². The van der Waals surface area contributed by atoms with Crippen molar-refractivity contribution >= 4 is 23.3 Å². The molecule has 162 valence electrons. The molecule has 1 aromatic heterocycles. The average Bonchev–Trinajstić information content (AvgIpc) is 3.21. The average molecular weight is 430 g/mol. The molecule has 0 fully saturated rings. The molecule has 2 heterocycles. The second-order valence-electron chi connectivity index (χ2n) is 7.84. The Labute approximate surface area is 183 Å². The minimum atomic E-state index is -0.153. The Morgan fingerprint density at radius 2 is 1.97 bits per heavy atom. The second-order valence-corrected chi connectivity index (χ2v) is 8.84. The van der Waals surface area contributed by atoms with Crippen molar-refractivity contribution < 1.29 is 14.3 Å². The highest BCUT2D eigenvalue weighted by atomic mass is 32.1. The molecule has 7 heteroatoms. The van der Waals surface area contributed by atoms with E-state index in [1.165, 1.54) is 20.9 Å². The van der Waals surface area contributed by atoms with E-state index in [2.05, 4.69) is 30.5 Å². The molecule has 0 saturated heterocycles. The summed E-state index contributed by atoms with van der Waals surface area (Å²) in [6.45, 7) is 3.86. The molecule has 0 N–H and O–H groups in total. The standard InChI is InChI=1S/C23H31N3O3S/c1-17-8-5-6-9-18(17)22-19-11-15-30-20(19)10-13-26(22)21(27)16-25(12-7-14-29-4)23(28)24(2)3/h5-6,8-9,11,15,22H,7,10,12-14,16H2,1-4H3/t22-/m0/s1. The van der Waals surface area contributed by atoms with Gasteiger partial charge in [-0.25, -0.2) is 4.79 Å². The first-order chi connectivity index (χ1) is 14.4. The molecular formula is C23H31N3O3S. The van der Waals surface area contributed by atoms with Crippen molar-refractivity contribution in [2.45, 2.75) is 25.8 Å². The number of rotatable bonds is 7. The predicted octanol–water partition coefficient (Wildman–Crippen LogP) is 3.55.